The molecule has 130 valence electrons. The zero-order chi connectivity index (χ0) is 17.1. The van der Waals surface area contributed by atoms with Crippen LogP contribution in [0.25, 0.3) is 11.5 Å². The van der Waals surface area contributed by atoms with Crippen molar-refractivity contribution in [3.8, 4) is 17.2 Å². The Morgan fingerprint density at radius 1 is 1.33 bits per heavy atom. The third-order valence-corrected chi connectivity index (χ3v) is 4.96. The molecule has 0 radical (unpaired) electrons. The molecule has 0 aliphatic heterocycles. The number of para-hydroxylation sites is 1. The van der Waals surface area contributed by atoms with Crippen LogP contribution in [0.5, 0.6) is 5.75 Å². The Bertz CT molecular complexity index is 732. The van der Waals surface area contributed by atoms with Gasteiger partial charge in [-0.2, -0.15) is 0 Å². The van der Waals surface area contributed by atoms with Crippen LogP contribution in [-0.4, -0.2) is 33.9 Å². The molecule has 1 fully saturated rings. The molecule has 1 aliphatic rings. The van der Waals surface area contributed by atoms with E-state index in [0.717, 1.165) is 24.2 Å². The number of aromatic nitrogens is 2. The average molecular weight is 347 g/mol. The summed E-state index contributed by atoms with van der Waals surface area (Å²) < 4.78 is 12.9. The Morgan fingerprint density at radius 2 is 2.04 bits per heavy atom. The second kappa shape index (κ2) is 7.49. The Labute approximate surface area is 148 Å². The molecular weight excluding hydrogens is 322 g/mol. The number of rotatable bonds is 8. The summed E-state index contributed by atoms with van der Waals surface area (Å²) in [6.07, 6.45) is 4.80. The topological polar surface area (TPSA) is 43.4 Å². The molecule has 6 heteroatoms. The van der Waals surface area contributed by atoms with Crippen molar-refractivity contribution in [3.63, 3.8) is 0 Å². The fourth-order valence-corrected chi connectivity index (χ4v) is 3.35. The highest BCUT2D eigenvalue weighted by molar-refractivity contribution is 7.71. The lowest BCUT2D eigenvalue weighted by atomic mass is 10.1. The van der Waals surface area contributed by atoms with Crippen LogP contribution in [0.2, 0.25) is 0 Å². The largest absolute Gasteiger partial charge is 0.496 e. The molecule has 0 bridgehead atoms. The number of nitrogens with zero attached hydrogens (tertiary/aromatic N) is 3. The molecule has 0 amide bonds. The van der Waals surface area contributed by atoms with E-state index in [1.165, 1.54) is 12.8 Å². The first kappa shape index (κ1) is 17.2. The first-order valence-corrected chi connectivity index (χ1v) is 9.05. The highest BCUT2D eigenvalue weighted by Crippen LogP contribution is 2.32. The first-order chi connectivity index (χ1) is 11.7. The second-order valence-electron chi connectivity index (χ2n) is 6.23. The van der Waals surface area contributed by atoms with Gasteiger partial charge in [0, 0.05) is 12.1 Å². The Kier molecular flexibility index (Phi) is 5.36. The van der Waals surface area contributed by atoms with Crippen molar-refractivity contribution in [2.75, 3.05) is 7.11 Å². The van der Waals surface area contributed by atoms with Gasteiger partial charge >= 0.3 is 0 Å². The summed E-state index contributed by atoms with van der Waals surface area (Å²) in [4.78, 5) is 2.93. The Hall–Kier alpha value is -1.66. The molecule has 1 aromatic heterocycles. The van der Waals surface area contributed by atoms with E-state index in [1.54, 1.807) is 11.8 Å². The molecule has 1 saturated carbocycles. The van der Waals surface area contributed by atoms with Crippen molar-refractivity contribution < 1.29 is 9.15 Å². The summed E-state index contributed by atoms with van der Waals surface area (Å²) in [6, 6.07) is 8.91. The first-order valence-electron chi connectivity index (χ1n) is 8.65. The van der Waals surface area contributed by atoms with E-state index in [4.69, 9.17) is 21.4 Å². The lowest BCUT2D eigenvalue weighted by Crippen LogP contribution is -2.38. The Morgan fingerprint density at radius 3 is 2.67 bits per heavy atom. The lowest BCUT2D eigenvalue weighted by Gasteiger charge is -2.29. The molecule has 2 aromatic rings. The molecule has 1 heterocycles. The number of benzene rings is 1. The molecule has 0 spiro atoms. The standard InChI is InChI=1S/C18H25N3O2S/c1-4-13(5-2)20(14-10-11-14)12-21-18(24)23-17(19-21)15-8-6-7-9-16(15)22-3/h6-9,13-14H,4-5,10-12H2,1-3H3. The van der Waals surface area contributed by atoms with Gasteiger partial charge in [0.15, 0.2) is 0 Å². The molecular formula is C18H25N3O2S. The predicted molar refractivity (Wildman–Crippen MR) is 96.5 cm³/mol. The Balaban J connectivity index is 1.87. The summed E-state index contributed by atoms with van der Waals surface area (Å²) in [5, 5.41) is 4.61. The van der Waals surface area contributed by atoms with E-state index in [1.807, 2.05) is 24.3 Å². The van der Waals surface area contributed by atoms with Gasteiger partial charge < -0.3 is 9.15 Å². The van der Waals surface area contributed by atoms with Crippen LogP contribution in [-0.2, 0) is 6.67 Å². The molecule has 1 aliphatic carbocycles. The molecule has 5 nitrogen and oxygen atoms in total. The highest BCUT2D eigenvalue weighted by Gasteiger charge is 2.33. The van der Waals surface area contributed by atoms with Crippen LogP contribution >= 0.6 is 12.2 Å². The third-order valence-electron chi connectivity index (χ3n) is 4.67. The molecule has 24 heavy (non-hydrogen) atoms. The van der Waals surface area contributed by atoms with E-state index in [0.29, 0.717) is 29.5 Å². The average Bonchev–Trinajstić information content (AvgIpc) is 3.39. The van der Waals surface area contributed by atoms with Gasteiger partial charge in [-0.05, 0) is 50.0 Å². The maximum Gasteiger partial charge on any atom is 0.288 e. The molecule has 0 saturated heterocycles. The van der Waals surface area contributed by atoms with E-state index in [9.17, 15) is 0 Å². The number of ether oxygens (including phenoxy) is 1. The fraction of sp³-hybridized carbons (Fsp3) is 0.556. The van der Waals surface area contributed by atoms with Gasteiger partial charge in [0.1, 0.15) is 5.75 Å². The van der Waals surface area contributed by atoms with Crippen LogP contribution in [0.4, 0.5) is 0 Å². The number of hydrogen-bond acceptors (Lipinski definition) is 5. The molecule has 0 unspecified atom stereocenters. The van der Waals surface area contributed by atoms with Gasteiger partial charge in [-0.15, -0.1) is 5.10 Å². The van der Waals surface area contributed by atoms with E-state index < -0.39 is 0 Å². The summed E-state index contributed by atoms with van der Waals surface area (Å²) in [6.45, 7) is 5.17. The van der Waals surface area contributed by atoms with Crippen molar-refractivity contribution in [2.45, 2.75) is 58.3 Å². The fourth-order valence-electron chi connectivity index (χ4n) is 3.17. The van der Waals surface area contributed by atoms with E-state index in [2.05, 4.69) is 23.8 Å². The minimum absolute atomic E-state index is 0.410. The quantitative estimate of drug-likeness (QED) is 0.658. The van der Waals surface area contributed by atoms with E-state index in [-0.39, 0.29) is 0 Å². The van der Waals surface area contributed by atoms with Crippen LogP contribution in [0.3, 0.4) is 0 Å². The summed E-state index contributed by atoms with van der Waals surface area (Å²) >= 11 is 5.40. The summed E-state index contributed by atoms with van der Waals surface area (Å²) in [5.41, 5.74) is 0.824. The van der Waals surface area contributed by atoms with Crippen molar-refractivity contribution in [2.24, 2.45) is 0 Å². The minimum atomic E-state index is 0.410. The van der Waals surface area contributed by atoms with Crippen molar-refractivity contribution >= 4 is 12.2 Å². The maximum atomic E-state index is 5.75. The van der Waals surface area contributed by atoms with Gasteiger partial charge in [0.25, 0.3) is 10.7 Å². The minimum Gasteiger partial charge on any atom is -0.496 e. The van der Waals surface area contributed by atoms with Crippen LogP contribution in [0.1, 0.15) is 39.5 Å². The molecule has 1 aromatic carbocycles. The maximum absolute atomic E-state index is 5.75. The number of methoxy groups -OCH3 is 1. The SMILES string of the molecule is CCC(CC)N(Cn1nc(-c2ccccc2OC)oc1=S)C1CC1. The van der Waals surface area contributed by atoms with Crippen LogP contribution in [0, 0.1) is 4.84 Å². The zero-order valence-corrected chi connectivity index (χ0v) is 15.4. The third kappa shape index (κ3) is 3.54. The molecule has 3 rings (SSSR count). The second-order valence-corrected chi connectivity index (χ2v) is 6.58. The van der Waals surface area contributed by atoms with Gasteiger partial charge in [0.05, 0.1) is 19.3 Å². The van der Waals surface area contributed by atoms with Gasteiger partial charge in [-0.3, -0.25) is 4.90 Å². The predicted octanol–water partition coefficient (Wildman–Crippen LogP) is 4.49. The van der Waals surface area contributed by atoms with Crippen LogP contribution < -0.4 is 4.74 Å². The molecule has 0 atom stereocenters. The normalized spacial score (nSPS) is 14.5. The van der Waals surface area contributed by atoms with Crippen LogP contribution in [0.15, 0.2) is 28.7 Å². The monoisotopic (exact) mass is 347 g/mol. The van der Waals surface area contributed by atoms with Gasteiger partial charge in [-0.1, -0.05) is 26.0 Å². The van der Waals surface area contributed by atoms with Gasteiger partial charge in [0.2, 0.25) is 0 Å². The van der Waals surface area contributed by atoms with Crippen molar-refractivity contribution in [3.05, 3.63) is 29.1 Å². The smallest absolute Gasteiger partial charge is 0.288 e. The van der Waals surface area contributed by atoms with Gasteiger partial charge in [-0.25, -0.2) is 4.68 Å². The summed E-state index contributed by atoms with van der Waals surface area (Å²) in [5.74, 6) is 1.25. The van der Waals surface area contributed by atoms with Crippen molar-refractivity contribution in [1.29, 1.82) is 0 Å². The number of hydrogen-bond donors (Lipinski definition) is 0. The highest BCUT2D eigenvalue weighted by atomic mass is 32.1. The van der Waals surface area contributed by atoms with Crippen molar-refractivity contribution in [1.82, 2.24) is 14.7 Å². The lowest BCUT2D eigenvalue weighted by molar-refractivity contribution is 0.123. The summed E-state index contributed by atoms with van der Waals surface area (Å²) in [7, 11) is 1.65. The van der Waals surface area contributed by atoms with E-state index >= 15 is 0 Å². The molecule has 0 N–H and O–H groups in total. The zero-order valence-electron chi connectivity index (χ0n) is 14.6.